The van der Waals surface area contributed by atoms with Crippen molar-refractivity contribution in [2.24, 2.45) is 16.2 Å². The van der Waals surface area contributed by atoms with E-state index < -0.39 is 10.0 Å². The fourth-order valence-corrected chi connectivity index (χ4v) is 5.27. The van der Waals surface area contributed by atoms with Crippen molar-refractivity contribution in [1.82, 2.24) is 10.2 Å². The number of amidine groups is 1. The molecule has 1 N–H and O–H groups in total. The fourth-order valence-electron chi connectivity index (χ4n) is 4.06. The molecule has 2 fully saturated rings. The zero-order valence-corrected chi connectivity index (χ0v) is 13.0. The van der Waals surface area contributed by atoms with Crippen LogP contribution in [0.25, 0.3) is 0 Å². The van der Waals surface area contributed by atoms with E-state index in [0.717, 1.165) is 25.2 Å². The predicted molar refractivity (Wildman–Crippen MR) is 80.8 cm³/mol. The van der Waals surface area contributed by atoms with Crippen molar-refractivity contribution >= 4 is 15.9 Å². The van der Waals surface area contributed by atoms with Gasteiger partial charge in [-0.3, -0.25) is 0 Å². The van der Waals surface area contributed by atoms with Gasteiger partial charge >= 0.3 is 0 Å². The second kappa shape index (κ2) is 4.08. The van der Waals surface area contributed by atoms with Crippen LogP contribution >= 0.6 is 0 Å². The van der Waals surface area contributed by atoms with Crippen molar-refractivity contribution in [3.05, 3.63) is 29.8 Å². The first-order chi connectivity index (χ1) is 9.91. The SMILES string of the molecule is CC1(C)C2CNCC2CN1C1=NS(=O)(=O)c2ccccc21. The van der Waals surface area contributed by atoms with Crippen LogP contribution in [0.1, 0.15) is 19.4 Å². The number of sulfonamides is 1. The summed E-state index contributed by atoms with van der Waals surface area (Å²) in [5.74, 6) is 1.74. The standard InChI is InChI=1S/C15H19N3O2S/c1-15(2)12-8-16-7-10(12)9-18(15)14-11-5-3-4-6-13(11)21(19,20)17-14/h3-6,10,12,16H,7-9H2,1-2H3. The first-order valence-electron chi connectivity index (χ1n) is 7.34. The first-order valence-corrected chi connectivity index (χ1v) is 8.78. The van der Waals surface area contributed by atoms with E-state index in [1.54, 1.807) is 12.1 Å². The minimum atomic E-state index is -3.54. The molecule has 0 spiro atoms. The molecule has 0 amide bonds. The van der Waals surface area contributed by atoms with Gasteiger partial charge in [0.25, 0.3) is 10.0 Å². The lowest BCUT2D eigenvalue weighted by atomic mass is 9.84. The van der Waals surface area contributed by atoms with Crippen LogP contribution in [0.4, 0.5) is 0 Å². The second-order valence-electron chi connectivity index (χ2n) is 6.68. The Kier molecular flexibility index (Phi) is 2.58. The van der Waals surface area contributed by atoms with Gasteiger partial charge in [0.2, 0.25) is 0 Å². The zero-order valence-electron chi connectivity index (χ0n) is 12.2. The van der Waals surface area contributed by atoms with Crippen LogP contribution < -0.4 is 5.32 Å². The molecule has 3 aliphatic rings. The molecule has 2 atom stereocenters. The summed E-state index contributed by atoms with van der Waals surface area (Å²) in [6, 6.07) is 7.14. The van der Waals surface area contributed by atoms with Gasteiger partial charge in [-0.05, 0) is 37.8 Å². The quantitative estimate of drug-likeness (QED) is 0.779. The third-order valence-corrected chi connectivity index (χ3v) is 6.55. The van der Waals surface area contributed by atoms with Crippen LogP contribution in [0, 0.1) is 11.8 Å². The Morgan fingerprint density at radius 3 is 2.81 bits per heavy atom. The number of hydrogen-bond donors (Lipinski definition) is 1. The fraction of sp³-hybridized carbons (Fsp3) is 0.533. The summed E-state index contributed by atoms with van der Waals surface area (Å²) in [7, 11) is -3.54. The maximum absolute atomic E-state index is 12.3. The average molecular weight is 305 g/mol. The molecule has 2 saturated heterocycles. The number of likely N-dealkylation sites (tertiary alicyclic amines) is 1. The van der Waals surface area contributed by atoms with E-state index in [9.17, 15) is 8.42 Å². The number of nitrogens with one attached hydrogen (secondary N) is 1. The minimum absolute atomic E-state index is 0.0834. The Morgan fingerprint density at radius 1 is 1.29 bits per heavy atom. The van der Waals surface area contributed by atoms with Gasteiger partial charge in [0.05, 0.1) is 0 Å². The lowest BCUT2D eigenvalue weighted by Crippen LogP contribution is -2.47. The molecule has 1 aromatic rings. The van der Waals surface area contributed by atoms with E-state index in [2.05, 4.69) is 28.5 Å². The third-order valence-electron chi connectivity index (χ3n) is 5.23. The largest absolute Gasteiger partial charge is 0.350 e. The molecule has 0 radical (unpaired) electrons. The van der Waals surface area contributed by atoms with Gasteiger partial charge in [-0.25, -0.2) is 0 Å². The third kappa shape index (κ3) is 1.72. The normalized spacial score (nSPS) is 31.9. The van der Waals surface area contributed by atoms with Crippen molar-refractivity contribution in [1.29, 1.82) is 0 Å². The molecule has 0 aliphatic carbocycles. The van der Waals surface area contributed by atoms with E-state index >= 15 is 0 Å². The van der Waals surface area contributed by atoms with Gasteiger partial charge in [-0.15, -0.1) is 4.40 Å². The summed E-state index contributed by atoms with van der Waals surface area (Å²) >= 11 is 0. The van der Waals surface area contributed by atoms with Crippen molar-refractivity contribution in [3.63, 3.8) is 0 Å². The minimum Gasteiger partial charge on any atom is -0.350 e. The number of fused-ring (bicyclic) bond motifs is 2. The Balaban J connectivity index is 1.82. The highest BCUT2D eigenvalue weighted by Gasteiger charge is 2.52. The van der Waals surface area contributed by atoms with Crippen molar-refractivity contribution in [3.8, 4) is 0 Å². The Labute approximate surface area is 125 Å². The summed E-state index contributed by atoms with van der Waals surface area (Å²) in [6.45, 7) is 7.26. The Hall–Kier alpha value is -1.40. The lowest BCUT2D eigenvalue weighted by molar-refractivity contribution is 0.224. The average Bonchev–Trinajstić information content (AvgIpc) is 3.05. The molecule has 5 nitrogen and oxygen atoms in total. The zero-order chi connectivity index (χ0) is 14.8. The van der Waals surface area contributed by atoms with Gasteiger partial charge in [0, 0.05) is 30.7 Å². The van der Waals surface area contributed by atoms with E-state index in [1.165, 1.54) is 0 Å². The predicted octanol–water partition coefficient (Wildman–Crippen LogP) is 1.07. The molecule has 0 aromatic heterocycles. The monoisotopic (exact) mass is 305 g/mol. The van der Waals surface area contributed by atoms with Crippen LogP contribution in [0.2, 0.25) is 0 Å². The highest BCUT2D eigenvalue weighted by Crippen LogP contribution is 2.43. The summed E-state index contributed by atoms with van der Waals surface area (Å²) in [5.41, 5.74) is 0.665. The van der Waals surface area contributed by atoms with Gasteiger partial charge in [0.15, 0.2) is 5.84 Å². The number of nitrogens with zero attached hydrogens (tertiary/aromatic N) is 2. The number of hydrogen-bond acceptors (Lipinski definition) is 4. The molecule has 2 unspecified atom stereocenters. The Morgan fingerprint density at radius 2 is 2.05 bits per heavy atom. The molecular weight excluding hydrogens is 286 g/mol. The molecule has 112 valence electrons. The molecule has 4 rings (SSSR count). The van der Waals surface area contributed by atoms with Crippen molar-refractivity contribution in [2.75, 3.05) is 19.6 Å². The maximum atomic E-state index is 12.3. The smallest absolute Gasteiger partial charge is 0.285 e. The number of rotatable bonds is 0. The summed E-state index contributed by atoms with van der Waals surface area (Å²) in [4.78, 5) is 2.54. The van der Waals surface area contributed by atoms with Crippen molar-refractivity contribution < 1.29 is 8.42 Å². The summed E-state index contributed by atoms with van der Waals surface area (Å²) < 4.78 is 28.6. The van der Waals surface area contributed by atoms with Crippen LogP contribution in [-0.4, -0.2) is 44.3 Å². The lowest BCUT2D eigenvalue weighted by Gasteiger charge is -2.37. The van der Waals surface area contributed by atoms with Crippen LogP contribution in [0.15, 0.2) is 33.6 Å². The molecule has 3 heterocycles. The molecular formula is C15H19N3O2S. The van der Waals surface area contributed by atoms with Gasteiger partial charge in [-0.2, -0.15) is 8.42 Å². The van der Waals surface area contributed by atoms with Gasteiger partial charge in [0.1, 0.15) is 4.90 Å². The summed E-state index contributed by atoms with van der Waals surface area (Å²) in [5, 5.41) is 3.44. The van der Waals surface area contributed by atoms with E-state index in [1.807, 2.05) is 12.1 Å². The molecule has 0 bridgehead atoms. The van der Waals surface area contributed by atoms with Crippen molar-refractivity contribution in [2.45, 2.75) is 24.3 Å². The molecule has 21 heavy (non-hydrogen) atoms. The molecule has 1 aromatic carbocycles. The van der Waals surface area contributed by atoms with E-state index in [4.69, 9.17) is 0 Å². The van der Waals surface area contributed by atoms with Crippen LogP contribution in [0.5, 0.6) is 0 Å². The van der Waals surface area contributed by atoms with E-state index in [-0.39, 0.29) is 5.54 Å². The van der Waals surface area contributed by atoms with Gasteiger partial charge in [-0.1, -0.05) is 12.1 Å². The highest BCUT2D eigenvalue weighted by molar-refractivity contribution is 7.90. The highest BCUT2D eigenvalue weighted by atomic mass is 32.2. The number of benzene rings is 1. The Bertz CT molecular complexity index is 739. The van der Waals surface area contributed by atoms with Crippen LogP contribution in [-0.2, 0) is 10.0 Å². The molecule has 3 aliphatic heterocycles. The first kappa shape index (κ1) is 13.3. The molecule has 6 heteroatoms. The summed E-state index contributed by atoms with van der Waals surface area (Å²) in [6.07, 6.45) is 0. The van der Waals surface area contributed by atoms with E-state index in [0.29, 0.717) is 22.6 Å². The molecule has 0 saturated carbocycles. The topological polar surface area (TPSA) is 61.8 Å². The maximum Gasteiger partial charge on any atom is 0.285 e. The second-order valence-corrected chi connectivity index (χ2v) is 8.25. The van der Waals surface area contributed by atoms with Crippen LogP contribution in [0.3, 0.4) is 0 Å². The van der Waals surface area contributed by atoms with Gasteiger partial charge < -0.3 is 10.2 Å².